The number of aromatic nitrogens is 1. The lowest BCUT2D eigenvalue weighted by Gasteiger charge is -2.45. The minimum Gasteiger partial charge on any atom is -0.383 e. The highest BCUT2D eigenvalue weighted by Gasteiger charge is 2.70. The van der Waals surface area contributed by atoms with Crippen molar-refractivity contribution in [3.05, 3.63) is 47.3 Å². The molecule has 1 aromatic carbocycles. The van der Waals surface area contributed by atoms with E-state index in [1.54, 1.807) is 6.20 Å². The molecule has 2 bridgehead atoms. The van der Waals surface area contributed by atoms with Crippen LogP contribution in [0.1, 0.15) is 75.3 Å². The molecule has 4 unspecified atom stereocenters. The van der Waals surface area contributed by atoms with Gasteiger partial charge in [-0.3, -0.25) is 9.78 Å². The normalized spacial score (nSPS) is 34.1. The van der Waals surface area contributed by atoms with E-state index in [2.05, 4.69) is 31.0 Å². The van der Waals surface area contributed by atoms with Crippen LogP contribution in [0, 0.1) is 28.4 Å². The zero-order valence-corrected chi connectivity index (χ0v) is 21.8. The number of nitrogens with zero attached hydrogens (tertiary/aromatic N) is 2. The number of hydrogen-bond acceptors (Lipinski definition) is 5. The molecule has 198 valence electrons. The number of primary amides is 1. The van der Waals surface area contributed by atoms with E-state index in [0.29, 0.717) is 47.9 Å². The Kier molecular flexibility index (Phi) is 5.32. The van der Waals surface area contributed by atoms with Gasteiger partial charge in [-0.25, -0.2) is 8.78 Å². The molecule has 4 N–H and O–H groups in total. The third kappa shape index (κ3) is 3.34. The Bertz CT molecular complexity index is 1270. The molecule has 8 heteroatoms. The summed E-state index contributed by atoms with van der Waals surface area (Å²) in [6, 6.07) is 3.34. The lowest BCUT2D eigenvalue weighted by Crippen LogP contribution is -2.47. The number of rotatable bonds is 4. The Balaban J connectivity index is 1.58. The number of anilines is 1. The molecule has 2 saturated heterocycles. The number of nitrogens with one attached hydrogen (secondary N) is 1. The van der Waals surface area contributed by atoms with Gasteiger partial charge in [0, 0.05) is 41.9 Å². The Morgan fingerprint density at radius 1 is 1.16 bits per heavy atom. The van der Waals surface area contributed by atoms with Crippen LogP contribution < -0.4 is 16.0 Å². The number of amides is 1. The van der Waals surface area contributed by atoms with Gasteiger partial charge in [-0.2, -0.15) is 0 Å². The molecule has 6 nitrogen and oxygen atoms in total. The fourth-order valence-corrected chi connectivity index (χ4v) is 8.21. The Labute approximate surface area is 216 Å². The van der Waals surface area contributed by atoms with Crippen LogP contribution in [-0.4, -0.2) is 41.2 Å². The molecule has 37 heavy (non-hydrogen) atoms. The summed E-state index contributed by atoms with van der Waals surface area (Å²) in [4.78, 5) is 20.1. The second-order valence-corrected chi connectivity index (χ2v) is 12.6. The second kappa shape index (κ2) is 7.96. The molecule has 3 heterocycles. The zero-order chi connectivity index (χ0) is 26.4. The number of pyridine rings is 1. The van der Waals surface area contributed by atoms with Crippen LogP contribution in [0.3, 0.4) is 0 Å². The van der Waals surface area contributed by atoms with E-state index in [9.17, 15) is 18.7 Å². The SMILES string of the molecule is CC1(C)C2CCC1(C)C(O)(c1ncc(-c3cc(F)cc(F)c3)c(N3CCC4(CCCN4)C3)c1C(N)=O)C2. The number of fused-ring (bicyclic) bond motifs is 2. The van der Waals surface area contributed by atoms with Crippen LogP contribution in [0.4, 0.5) is 14.5 Å². The summed E-state index contributed by atoms with van der Waals surface area (Å²) in [7, 11) is 0. The third-order valence-electron chi connectivity index (χ3n) is 10.8. The van der Waals surface area contributed by atoms with Gasteiger partial charge >= 0.3 is 0 Å². The summed E-state index contributed by atoms with van der Waals surface area (Å²) in [5.74, 6) is -1.80. The van der Waals surface area contributed by atoms with Crippen molar-refractivity contribution in [2.75, 3.05) is 24.5 Å². The second-order valence-electron chi connectivity index (χ2n) is 12.6. The predicted molar refractivity (Wildman–Crippen MR) is 138 cm³/mol. The zero-order valence-electron chi connectivity index (χ0n) is 21.8. The van der Waals surface area contributed by atoms with Crippen molar-refractivity contribution in [2.45, 2.75) is 70.4 Å². The third-order valence-corrected chi connectivity index (χ3v) is 10.8. The van der Waals surface area contributed by atoms with Crippen LogP contribution >= 0.6 is 0 Å². The van der Waals surface area contributed by atoms with Gasteiger partial charge in [-0.15, -0.1) is 0 Å². The maximum absolute atomic E-state index is 14.3. The fraction of sp³-hybridized carbons (Fsp3) is 0.586. The standard InChI is InChI=1S/C29H36F2N4O2/c1-26(2)18-5-7-27(26,3)29(37,14-18)24-22(25(32)36)23(35-10-8-28(16-35)6-4-9-34-28)21(15-33-24)17-11-19(30)13-20(31)12-17/h11-13,15,18,34,37H,4-10,14,16H2,1-3H3,(H2,32,36). The molecule has 1 aromatic heterocycles. The number of hydrogen-bond donors (Lipinski definition) is 3. The maximum atomic E-state index is 14.3. The first kappa shape index (κ1) is 24.7. The van der Waals surface area contributed by atoms with Crippen LogP contribution in [-0.2, 0) is 5.60 Å². The van der Waals surface area contributed by atoms with Crippen molar-refractivity contribution in [1.82, 2.24) is 10.3 Å². The Hall–Kier alpha value is -2.58. The molecule has 2 aromatic rings. The molecule has 6 rings (SSSR count). The van der Waals surface area contributed by atoms with E-state index in [-0.39, 0.29) is 16.5 Å². The molecular weight excluding hydrogens is 474 g/mol. The minimum absolute atomic E-state index is 0.0693. The summed E-state index contributed by atoms with van der Waals surface area (Å²) in [5.41, 5.74) is 5.77. The topological polar surface area (TPSA) is 91.5 Å². The number of aliphatic hydroxyl groups is 1. The average Bonchev–Trinajstić information content (AvgIpc) is 3.56. The lowest BCUT2D eigenvalue weighted by molar-refractivity contribution is -0.0990. The van der Waals surface area contributed by atoms with Crippen molar-refractivity contribution in [3.8, 4) is 11.1 Å². The van der Waals surface area contributed by atoms with E-state index in [4.69, 9.17) is 10.7 Å². The summed E-state index contributed by atoms with van der Waals surface area (Å²) < 4.78 is 28.7. The highest BCUT2D eigenvalue weighted by atomic mass is 19.1. The summed E-state index contributed by atoms with van der Waals surface area (Å²) in [5, 5.41) is 16.0. The van der Waals surface area contributed by atoms with Gasteiger partial charge in [0.2, 0.25) is 0 Å². The highest BCUT2D eigenvalue weighted by molar-refractivity contribution is 6.04. The summed E-state index contributed by atoms with van der Waals surface area (Å²) in [6.07, 6.45) is 6.90. The number of benzene rings is 1. The minimum atomic E-state index is -1.34. The maximum Gasteiger partial charge on any atom is 0.252 e. The first-order valence-electron chi connectivity index (χ1n) is 13.4. The number of nitrogens with two attached hydrogens (primary N) is 1. The fourth-order valence-electron chi connectivity index (χ4n) is 8.21. The van der Waals surface area contributed by atoms with Crippen molar-refractivity contribution in [1.29, 1.82) is 0 Å². The molecule has 4 atom stereocenters. The molecule has 4 fully saturated rings. The number of carbonyl (C=O) groups excluding carboxylic acids is 1. The molecule has 1 spiro atoms. The van der Waals surface area contributed by atoms with E-state index in [1.807, 2.05) is 0 Å². The average molecular weight is 511 g/mol. The molecule has 4 aliphatic rings. The molecular formula is C29H36F2N4O2. The van der Waals surface area contributed by atoms with E-state index in [0.717, 1.165) is 44.7 Å². The van der Waals surface area contributed by atoms with Crippen molar-refractivity contribution < 1.29 is 18.7 Å². The van der Waals surface area contributed by atoms with Crippen molar-refractivity contribution in [3.63, 3.8) is 0 Å². The summed E-state index contributed by atoms with van der Waals surface area (Å²) >= 11 is 0. The summed E-state index contributed by atoms with van der Waals surface area (Å²) in [6.45, 7) is 8.71. The van der Waals surface area contributed by atoms with Crippen LogP contribution in [0.25, 0.3) is 11.1 Å². The lowest BCUT2D eigenvalue weighted by atomic mass is 9.62. The largest absolute Gasteiger partial charge is 0.383 e. The van der Waals surface area contributed by atoms with Gasteiger partial charge in [0.15, 0.2) is 0 Å². The van der Waals surface area contributed by atoms with Gasteiger partial charge in [-0.1, -0.05) is 20.8 Å². The van der Waals surface area contributed by atoms with Gasteiger partial charge in [-0.05, 0) is 74.1 Å². The number of carbonyl (C=O) groups is 1. The first-order chi connectivity index (χ1) is 17.4. The van der Waals surface area contributed by atoms with Crippen molar-refractivity contribution in [2.24, 2.45) is 22.5 Å². The van der Waals surface area contributed by atoms with E-state index in [1.165, 1.54) is 12.1 Å². The Morgan fingerprint density at radius 2 is 1.89 bits per heavy atom. The molecule has 2 aliphatic heterocycles. The van der Waals surface area contributed by atoms with E-state index < -0.39 is 28.6 Å². The number of halogens is 2. The first-order valence-corrected chi connectivity index (χ1v) is 13.4. The quantitative estimate of drug-likeness (QED) is 0.564. The van der Waals surface area contributed by atoms with Crippen LogP contribution in [0.5, 0.6) is 0 Å². The predicted octanol–water partition coefficient (Wildman–Crippen LogP) is 4.49. The van der Waals surface area contributed by atoms with Gasteiger partial charge in [0.25, 0.3) is 5.91 Å². The molecule has 1 amide bonds. The Morgan fingerprint density at radius 3 is 2.46 bits per heavy atom. The van der Waals surface area contributed by atoms with Crippen molar-refractivity contribution >= 4 is 11.6 Å². The van der Waals surface area contributed by atoms with Gasteiger partial charge in [0.1, 0.15) is 17.2 Å². The smallest absolute Gasteiger partial charge is 0.252 e. The molecule has 2 saturated carbocycles. The molecule has 2 aliphatic carbocycles. The van der Waals surface area contributed by atoms with Crippen LogP contribution in [0.2, 0.25) is 0 Å². The monoisotopic (exact) mass is 510 g/mol. The van der Waals surface area contributed by atoms with Crippen LogP contribution in [0.15, 0.2) is 24.4 Å². The molecule has 0 radical (unpaired) electrons. The van der Waals surface area contributed by atoms with Gasteiger partial charge in [0.05, 0.1) is 16.9 Å². The van der Waals surface area contributed by atoms with Gasteiger partial charge < -0.3 is 21.1 Å². The van der Waals surface area contributed by atoms with E-state index >= 15 is 0 Å². The highest BCUT2D eigenvalue weighted by Crippen LogP contribution is 2.72.